The molecule has 0 aliphatic heterocycles. The van der Waals surface area contributed by atoms with Crippen LogP contribution in [-0.2, 0) is 0 Å². The van der Waals surface area contributed by atoms with Crippen LogP contribution >= 0.6 is 0 Å². The van der Waals surface area contributed by atoms with Crippen molar-refractivity contribution in [2.45, 2.75) is 0 Å². The predicted molar refractivity (Wildman–Crippen MR) is 263 cm³/mol. The minimum Gasteiger partial charge on any atom is -0.307 e. The number of fused-ring (bicyclic) bond motifs is 9. The van der Waals surface area contributed by atoms with Gasteiger partial charge in [0.25, 0.3) is 0 Å². The first kappa shape index (κ1) is 36.0. The van der Waals surface area contributed by atoms with Crippen molar-refractivity contribution in [2.24, 2.45) is 0 Å². The molecule has 0 bridgehead atoms. The highest BCUT2D eigenvalue weighted by atomic mass is 15.1. The van der Waals surface area contributed by atoms with E-state index in [4.69, 9.17) is 19.9 Å². The van der Waals surface area contributed by atoms with Crippen LogP contribution < -0.4 is 0 Å². The molecule has 0 amide bonds. The lowest BCUT2D eigenvalue weighted by atomic mass is 10.0. The van der Waals surface area contributed by atoms with Gasteiger partial charge in [-0.3, -0.25) is 4.57 Å². The minimum atomic E-state index is 0.621. The Morgan fingerprint density at radius 1 is 0.281 bits per heavy atom. The molecular formula is C58H36N6. The van der Waals surface area contributed by atoms with E-state index in [1.807, 2.05) is 24.3 Å². The topological polar surface area (TPSA) is 61.4 Å². The summed E-state index contributed by atoms with van der Waals surface area (Å²) in [5, 5.41) is 6.57. The van der Waals surface area contributed by atoms with Gasteiger partial charge in [0.15, 0.2) is 11.6 Å². The molecule has 0 saturated carbocycles. The smallest absolute Gasteiger partial charge is 0.162 e. The lowest BCUT2D eigenvalue weighted by molar-refractivity contribution is 1.07. The number of rotatable bonds is 6. The summed E-state index contributed by atoms with van der Waals surface area (Å²) in [6, 6.07) is 76.7. The van der Waals surface area contributed by atoms with E-state index in [9.17, 15) is 0 Å². The number of aromatic nitrogens is 6. The van der Waals surface area contributed by atoms with Gasteiger partial charge in [0.05, 0.1) is 38.8 Å². The fraction of sp³-hybridized carbons (Fsp3) is 0. The highest BCUT2D eigenvalue weighted by molar-refractivity contribution is 6.24. The normalized spacial score (nSPS) is 11.8. The molecule has 6 heteroatoms. The van der Waals surface area contributed by atoms with E-state index in [-0.39, 0.29) is 0 Å². The average molecular weight is 817 g/mol. The van der Waals surface area contributed by atoms with Gasteiger partial charge in [0, 0.05) is 54.7 Å². The molecule has 4 heterocycles. The second kappa shape index (κ2) is 14.4. The predicted octanol–water partition coefficient (Wildman–Crippen LogP) is 14.4. The standard InChI is InChI=1S/C58H36N6/c1-4-17-37(18-5-1)40-23-16-24-42(35-40)63-51-29-14-11-25-43(51)45-32-33-46-44-26-12-15-30-52(44)64(55(46)54(45)63)58-47-27-10-13-28-49(47)59-57(62-58)41-31-34-50-48(36-41)53(38-19-6-2-7-20-38)61-56(60-50)39-21-8-3-9-22-39/h1-36H. The van der Waals surface area contributed by atoms with Gasteiger partial charge in [-0.05, 0) is 65.7 Å². The molecule has 0 saturated heterocycles. The number of para-hydroxylation sites is 3. The summed E-state index contributed by atoms with van der Waals surface area (Å²) >= 11 is 0. The third-order valence-electron chi connectivity index (χ3n) is 12.5. The summed E-state index contributed by atoms with van der Waals surface area (Å²) in [5.74, 6) is 2.12. The van der Waals surface area contributed by atoms with Crippen LogP contribution in [0.5, 0.6) is 0 Å². The lowest BCUT2D eigenvalue weighted by Gasteiger charge is -2.15. The van der Waals surface area contributed by atoms with E-state index in [1.54, 1.807) is 0 Å². The molecular weight excluding hydrogens is 781 g/mol. The van der Waals surface area contributed by atoms with E-state index in [0.717, 1.165) is 94.1 Å². The van der Waals surface area contributed by atoms with Crippen molar-refractivity contribution in [3.63, 3.8) is 0 Å². The molecule has 6 nitrogen and oxygen atoms in total. The molecule has 0 atom stereocenters. The van der Waals surface area contributed by atoms with Crippen LogP contribution in [0.1, 0.15) is 0 Å². The maximum absolute atomic E-state index is 5.61. The van der Waals surface area contributed by atoms with Crippen LogP contribution in [0.4, 0.5) is 0 Å². The van der Waals surface area contributed by atoms with Crippen molar-refractivity contribution < 1.29 is 0 Å². The number of benzene rings is 9. The highest BCUT2D eigenvalue weighted by Gasteiger charge is 2.24. The van der Waals surface area contributed by atoms with Crippen molar-refractivity contribution in [3.05, 3.63) is 218 Å². The summed E-state index contributed by atoms with van der Waals surface area (Å²) in [6.45, 7) is 0. The van der Waals surface area contributed by atoms with Crippen LogP contribution in [-0.4, -0.2) is 29.1 Å². The summed E-state index contributed by atoms with van der Waals surface area (Å²) < 4.78 is 4.82. The summed E-state index contributed by atoms with van der Waals surface area (Å²) in [7, 11) is 0. The summed E-state index contributed by atoms with van der Waals surface area (Å²) in [4.78, 5) is 21.2. The second-order valence-electron chi connectivity index (χ2n) is 16.2. The Morgan fingerprint density at radius 3 is 1.52 bits per heavy atom. The van der Waals surface area contributed by atoms with Gasteiger partial charge >= 0.3 is 0 Å². The van der Waals surface area contributed by atoms with E-state index >= 15 is 0 Å². The summed E-state index contributed by atoms with van der Waals surface area (Å²) in [6.07, 6.45) is 0. The first-order valence-corrected chi connectivity index (χ1v) is 21.6. The van der Waals surface area contributed by atoms with Crippen LogP contribution in [0, 0.1) is 0 Å². The van der Waals surface area contributed by atoms with Gasteiger partial charge in [-0.15, -0.1) is 0 Å². The Hall–Kier alpha value is -8.74. The maximum Gasteiger partial charge on any atom is 0.162 e. The number of hydrogen-bond acceptors (Lipinski definition) is 4. The lowest BCUT2D eigenvalue weighted by Crippen LogP contribution is -2.04. The van der Waals surface area contributed by atoms with Gasteiger partial charge in [0.1, 0.15) is 5.82 Å². The number of nitrogens with zero attached hydrogens (tertiary/aromatic N) is 6. The largest absolute Gasteiger partial charge is 0.307 e. The molecule has 13 rings (SSSR count). The first-order chi connectivity index (χ1) is 31.7. The van der Waals surface area contributed by atoms with Crippen molar-refractivity contribution in [1.82, 2.24) is 29.1 Å². The third-order valence-corrected chi connectivity index (χ3v) is 12.5. The molecule has 0 aliphatic carbocycles. The zero-order valence-corrected chi connectivity index (χ0v) is 34.5. The summed E-state index contributed by atoms with van der Waals surface area (Å²) in [5.41, 5.74) is 13.3. The Kier molecular flexibility index (Phi) is 8.11. The average Bonchev–Trinajstić information content (AvgIpc) is 3.89. The quantitative estimate of drug-likeness (QED) is 0.168. The highest BCUT2D eigenvalue weighted by Crippen LogP contribution is 2.43. The fourth-order valence-electron chi connectivity index (χ4n) is 9.60. The van der Waals surface area contributed by atoms with Crippen LogP contribution in [0.3, 0.4) is 0 Å². The maximum atomic E-state index is 5.61. The SMILES string of the molecule is c1ccc(-c2cccc(-n3c4ccccc4c4ccc5c6ccccc6n(-c6nc(-c7ccc8nc(-c9ccccc9)nc(-c9ccccc9)c8c7)nc7ccccc67)c5c43)c2)cc1. The van der Waals surface area contributed by atoms with Gasteiger partial charge < -0.3 is 4.57 Å². The molecule has 298 valence electrons. The molecule has 64 heavy (non-hydrogen) atoms. The van der Waals surface area contributed by atoms with Crippen molar-refractivity contribution in [1.29, 1.82) is 0 Å². The molecule has 13 aromatic rings. The molecule has 9 aromatic carbocycles. The van der Waals surface area contributed by atoms with Gasteiger partial charge in [-0.2, -0.15) is 0 Å². The molecule has 0 unspecified atom stereocenters. The first-order valence-electron chi connectivity index (χ1n) is 21.6. The molecule has 0 fully saturated rings. The second-order valence-corrected chi connectivity index (χ2v) is 16.2. The van der Waals surface area contributed by atoms with Crippen molar-refractivity contribution in [3.8, 4) is 56.7 Å². The van der Waals surface area contributed by atoms with E-state index < -0.39 is 0 Å². The van der Waals surface area contributed by atoms with Crippen molar-refractivity contribution >= 4 is 65.4 Å². The van der Waals surface area contributed by atoms with Gasteiger partial charge in [-0.25, -0.2) is 19.9 Å². The third kappa shape index (κ3) is 5.66. The number of hydrogen-bond donors (Lipinski definition) is 0. The van der Waals surface area contributed by atoms with Crippen LogP contribution in [0.15, 0.2) is 218 Å². The van der Waals surface area contributed by atoms with Crippen LogP contribution in [0.2, 0.25) is 0 Å². The Bertz CT molecular complexity index is 3950. The van der Waals surface area contributed by atoms with E-state index in [2.05, 4.69) is 203 Å². The van der Waals surface area contributed by atoms with Gasteiger partial charge in [0.2, 0.25) is 0 Å². The van der Waals surface area contributed by atoms with E-state index in [0.29, 0.717) is 11.6 Å². The molecule has 0 spiro atoms. The Morgan fingerprint density at radius 2 is 0.812 bits per heavy atom. The monoisotopic (exact) mass is 816 g/mol. The molecule has 0 radical (unpaired) electrons. The van der Waals surface area contributed by atoms with Crippen molar-refractivity contribution in [2.75, 3.05) is 0 Å². The Labute approximate surface area is 368 Å². The zero-order chi connectivity index (χ0) is 42.1. The zero-order valence-electron chi connectivity index (χ0n) is 34.5. The van der Waals surface area contributed by atoms with E-state index in [1.165, 1.54) is 16.3 Å². The van der Waals surface area contributed by atoms with Crippen LogP contribution in [0.25, 0.3) is 122 Å². The Balaban J connectivity index is 1.10. The van der Waals surface area contributed by atoms with Gasteiger partial charge in [-0.1, -0.05) is 164 Å². The molecule has 4 aromatic heterocycles. The minimum absolute atomic E-state index is 0.621. The molecule has 0 aliphatic rings. The fourth-order valence-corrected chi connectivity index (χ4v) is 9.60. The molecule has 0 N–H and O–H groups in total.